The van der Waals surface area contributed by atoms with Gasteiger partial charge >= 0.3 is 0 Å². The average molecular weight is 316 g/mol. The molecule has 1 fully saturated rings. The van der Waals surface area contributed by atoms with E-state index < -0.39 is 0 Å². The number of anilines is 2. The van der Waals surface area contributed by atoms with Gasteiger partial charge in [0, 0.05) is 30.0 Å². The minimum absolute atomic E-state index is 0.846. The van der Waals surface area contributed by atoms with E-state index in [0.717, 1.165) is 35.0 Å². The fourth-order valence-electron chi connectivity index (χ4n) is 2.09. The van der Waals surface area contributed by atoms with Crippen molar-refractivity contribution in [3.8, 4) is 0 Å². The van der Waals surface area contributed by atoms with Gasteiger partial charge < -0.3 is 9.62 Å². The van der Waals surface area contributed by atoms with Crippen LogP contribution in [0.2, 0.25) is 0 Å². The monoisotopic (exact) mass is 315 g/mol. The fraction of sp³-hybridized carbons (Fsp3) is 0.583. The van der Waals surface area contributed by atoms with E-state index in [1.165, 1.54) is 12.8 Å². The fourth-order valence-corrected chi connectivity index (χ4v) is 2.79. The summed E-state index contributed by atoms with van der Waals surface area (Å²) >= 11 is 5.07. The van der Waals surface area contributed by atoms with Gasteiger partial charge in [0.15, 0.2) is 5.82 Å². The first-order valence-corrected chi connectivity index (χ1v) is 7.92. The molecule has 0 amide bonds. The molecule has 0 aliphatic carbocycles. The first-order chi connectivity index (χ1) is 8.20. The maximum atomic E-state index is 4.55. The minimum atomic E-state index is 0.846. The molecule has 1 aromatic heterocycles. The second-order valence-electron chi connectivity index (χ2n) is 4.50. The van der Waals surface area contributed by atoms with Crippen LogP contribution < -0.4 is 9.62 Å². The van der Waals surface area contributed by atoms with E-state index >= 15 is 0 Å². The molecule has 0 radical (unpaired) electrons. The molecular weight excluding hydrogens is 298 g/mol. The van der Waals surface area contributed by atoms with Gasteiger partial charge in [0.05, 0.1) is 5.69 Å². The first kappa shape index (κ1) is 13.0. The van der Waals surface area contributed by atoms with Crippen molar-refractivity contribution in [2.75, 3.05) is 29.0 Å². The summed E-state index contributed by atoms with van der Waals surface area (Å²) in [6.45, 7) is 4.55. The SMILES string of the molecule is CSNc1cc(Br)cnc1N1CCC(C)CC1. The van der Waals surface area contributed by atoms with Gasteiger partial charge in [-0.2, -0.15) is 0 Å². The van der Waals surface area contributed by atoms with E-state index in [9.17, 15) is 0 Å². The van der Waals surface area contributed by atoms with Crippen molar-refractivity contribution in [1.82, 2.24) is 4.98 Å². The summed E-state index contributed by atoms with van der Waals surface area (Å²) < 4.78 is 4.32. The third-order valence-electron chi connectivity index (χ3n) is 3.13. The second-order valence-corrected chi connectivity index (χ2v) is 6.03. The molecule has 5 heteroatoms. The third-order valence-corrected chi connectivity index (χ3v) is 3.99. The van der Waals surface area contributed by atoms with E-state index in [1.54, 1.807) is 11.9 Å². The maximum absolute atomic E-state index is 4.55. The summed E-state index contributed by atoms with van der Waals surface area (Å²) in [5, 5.41) is 0. The molecule has 0 spiro atoms. The van der Waals surface area contributed by atoms with Gasteiger partial charge in [-0.05, 0) is 40.8 Å². The Morgan fingerprint density at radius 2 is 2.18 bits per heavy atom. The molecule has 2 heterocycles. The summed E-state index contributed by atoms with van der Waals surface area (Å²) in [6, 6.07) is 2.09. The van der Waals surface area contributed by atoms with Gasteiger partial charge in [0.1, 0.15) is 0 Å². The maximum Gasteiger partial charge on any atom is 0.152 e. The highest BCUT2D eigenvalue weighted by molar-refractivity contribution is 9.10. The van der Waals surface area contributed by atoms with Crippen molar-refractivity contribution in [3.05, 3.63) is 16.7 Å². The predicted molar refractivity (Wildman–Crippen MR) is 79.7 cm³/mol. The van der Waals surface area contributed by atoms with E-state index in [1.807, 2.05) is 12.5 Å². The standard InChI is InChI=1S/C12H18BrN3S/c1-9-3-5-16(6-4-9)12-11(15-17-2)7-10(13)8-14-12/h7-9,15H,3-6H2,1-2H3. The number of aromatic nitrogens is 1. The summed E-state index contributed by atoms with van der Waals surface area (Å²) in [5.41, 5.74) is 1.10. The van der Waals surface area contributed by atoms with Gasteiger partial charge in [-0.25, -0.2) is 4.98 Å². The van der Waals surface area contributed by atoms with Gasteiger partial charge in [-0.3, -0.25) is 0 Å². The lowest BCUT2D eigenvalue weighted by molar-refractivity contribution is 0.437. The van der Waals surface area contributed by atoms with Crippen molar-refractivity contribution in [1.29, 1.82) is 0 Å². The van der Waals surface area contributed by atoms with Crippen molar-refractivity contribution < 1.29 is 0 Å². The molecule has 0 bridgehead atoms. The molecule has 0 saturated carbocycles. The molecular formula is C12H18BrN3S. The van der Waals surface area contributed by atoms with Crippen LogP contribution in [-0.4, -0.2) is 24.3 Å². The molecule has 1 aliphatic rings. The topological polar surface area (TPSA) is 28.2 Å². The van der Waals surface area contributed by atoms with Crippen molar-refractivity contribution in [2.45, 2.75) is 19.8 Å². The second kappa shape index (κ2) is 5.96. The quantitative estimate of drug-likeness (QED) is 0.859. The third kappa shape index (κ3) is 3.28. The molecule has 2 rings (SSSR count). The number of hydrogen-bond donors (Lipinski definition) is 1. The summed E-state index contributed by atoms with van der Waals surface area (Å²) in [4.78, 5) is 6.93. The zero-order valence-corrected chi connectivity index (χ0v) is 12.6. The highest BCUT2D eigenvalue weighted by atomic mass is 79.9. The molecule has 17 heavy (non-hydrogen) atoms. The molecule has 0 atom stereocenters. The van der Waals surface area contributed by atoms with Gasteiger partial charge in [0.25, 0.3) is 0 Å². The highest BCUT2D eigenvalue weighted by Crippen LogP contribution is 2.30. The Kier molecular flexibility index (Phi) is 4.56. The number of pyridine rings is 1. The molecule has 1 aliphatic heterocycles. The summed E-state index contributed by atoms with van der Waals surface area (Å²) in [5.74, 6) is 1.92. The zero-order valence-electron chi connectivity index (χ0n) is 10.2. The lowest BCUT2D eigenvalue weighted by Gasteiger charge is -2.32. The Balaban J connectivity index is 2.18. The lowest BCUT2D eigenvalue weighted by Crippen LogP contribution is -2.33. The van der Waals surface area contributed by atoms with Crippen LogP contribution in [0.3, 0.4) is 0 Å². The Bertz CT molecular complexity index is 378. The molecule has 3 nitrogen and oxygen atoms in total. The molecule has 94 valence electrons. The van der Waals surface area contributed by atoms with Crippen LogP contribution >= 0.6 is 27.9 Å². The van der Waals surface area contributed by atoms with Crippen LogP contribution in [0, 0.1) is 5.92 Å². The van der Waals surface area contributed by atoms with E-state index in [-0.39, 0.29) is 0 Å². The van der Waals surface area contributed by atoms with Gasteiger partial charge in [0.2, 0.25) is 0 Å². The van der Waals surface area contributed by atoms with Crippen LogP contribution in [0.15, 0.2) is 16.7 Å². The largest absolute Gasteiger partial charge is 0.355 e. The molecule has 0 unspecified atom stereocenters. The number of nitrogens with zero attached hydrogens (tertiary/aromatic N) is 2. The molecule has 1 saturated heterocycles. The normalized spacial score (nSPS) is 17.2. The Labute approximate surface area is 116 Å². The molecule has 1 N–H and O–H groups in total. The number of rotatable bonds is 3. The first-order valence-electron chi connectivity index (χ1n) is 5.90. The van der Waals surface area contributed by atoms with Gasteiger partial charge in [-0.15, -0.1) is 0 Å². The van der Waals surface area contributed by atoms with Crippen molar-refractivity contribution >= 4 is 39.4 Å². The summed E-state index contributed by atoms with van der Waals surface area (Å²) in [7, 11) is 0. The van der Waals surface area contributed by atoms with Crippen molar-refractivity contribution in [2.24, 2.45) is 5.92 Å². The van der Waals surface area contributed by atoms with E-state index in [0.29, 0.717) is 0 Å². The van der Waals surface area contributed by atoms with Gasteiger partial charge in [-0.1, -0.05) is 18.9 Å². The zero-order chi connectivity index (χ0) is 12.3. The number of piperidine rings is 1. The van der Waals surface area contributed by atoms with Crippen LogP contribution in [0.25, 0.3) is 0 Å². The van der Waals surface area contributed by atoms with E-state index in [2.05, 4.69) is 43.5 Å². The molecule has 1 aromatic rings. The minimum Gasteiger partial charge on any atom is -0.355 e. The Morgan fingerprint density at radius 1 is 1.47 bits per heavy atom. The van der Waals surface area contributed by atoms with Crippen LogP contribution in [-0.2, 0) is 0 Å². The number of halogens is 1. The number of hydrogen-bond acceptors (Lipinski definition) is 4. The van der Waals surface area contributed by atoms with Crippen LogP contribution in [0.4, 0.5) is 11.5 Å². The predicted octanol–water partition coefficient (Wildman–Crippen LogP) is 3.77. The summed E-state index contributed by atoms with van der Waals surface area (Å²) in [6.07, 6.45) is 6.43. The number of nitrogens with one attached hydrogen (secondary N) is 1. The average Bonchev–Trinajstić information content (AvgIpc) is 2.31. The smallest absolute Gasteiger partial charge is 0.152 e. The molecule has 0 aromatic carbocycles. The van der Waals surface area contributed by atoms with Crippen LogP contribution in [0.5, 0.6) is 0 Å². The van der Waals surface area contributed by atoms with E-state index in [4.69, 9.17) is 0 Å². The Hall–Kier alpha value is -0.420. The Morgan fingerprint density at radius 3 is 2.82 bits per heavy atom. The van der Waals surface area contributed by atoms with Crippen LogP contribution in [0.1, 0.15) is 19.8 Å². The highest BCUT2D eigenvalue weighted by Gasteiger charge is 2.19. The lowest BCUT2D eigenvalue weighted by atomic mass is 9.99. The van der Waals surface area contributed by atoms with Crippen molar-refractivity contribution in [3.63, 3.8) is 0 Å².